The summed E-state index contributed by atoms with van der Waals surface area (Å²) in [6.45, 7) is 11.7. The molecule has 4 rings (SSSR count). The second-order valence-electron chi connectivity index (χ2n) is 11.0. The van der Waals surface area contributed by atoms with Crippen molar-refractivity contribution < 1.29 is 18.7 Å². The number of ether oxygens (including phenoxy) is 1. The van der Waals surface area contributed by atoms with Crippen molar-refractivity contribution in [2.24, 2.45) is 5.10 Å². The highest BCUT2D eigenvalue weighted by molar-refractivity contribution is 6.03. The topological polar surface area (TPSA) is 77.5 Å². The number of rotatable bonds is 7. The second-order valence-corrected chi connectivity index (χ2v) is 11.0. The number of morpholine rings is 1. The number of amides is 3. The molecule has 1 N–H and O–H groups in total. The fraction of sp³-hybridized carbons (Fsp3) is 0.483. The van der Waals surface area contributed by atoms with Crippen molar-refractivity contribution in [1.82, 2.24) is 20.1 Å². The zero-order chi connectivity index (χ0) is 27.3. The third kappa shape index (κ3) is 7.39. The molecule has 8 nitrogen and oxygen atoms in total. The van der Waals surface area contributed by atoms with Gasteiger partial charge in [-0.2, -0.15) is 5.10 Å². The molecule has 2 aliphatic heterocycles. The predicted octanol–water partition coefficient (Wildman–Crippen LogP) is 3.95. The average molecular weight is 524 g/mol. The van der Waals surface area contributed by atoms with Gasteiger partial charge in [-0.3, -0.25) is 9.69 Å². The number of nitrogens with zero attached hydrogens (tertiary/aromatic N) is 4. The predicted molar refractivity (Wildman–Crippen MR) is 145 cm³/mol. The number of carbonyl (C=O) groups is 2. The average Bonchev–Trinajstić information content (AvgIpc) is 3.32. The van der Waals surface area contributed by atoms with E-state index in [0.717, 1.165) is 29.8 Å². The van der Waals surface area contributed by atoms with Crippen LogP contribution in [-0.2, 0) is 9.53 Å². The van der Waals surface area contributed by atoms with E-state index in [0.29, 0.717) is 38.4 Å². The van der Waals surface area contributed by atoms with Crippen LogP contribution in [-0.4, -0.2) is 83.9 Å². The van der Waals surface area contributed by atoms with E-state index in [2.05, 4.69) is 10.2 Å². The zero-order valence-corrected chi connectivity index (χ0v) is 22.7. The summed E-state index contributed by atoms with van der Waals surface area (Å²) >= 11 is 0. The van der Waals surface area contributed by atoms with Crippen LogP contribution in [0.1, 0.15) is 49.9 Å². The van der Waals surface area contributed by atoms with Gasteiger partial charge in [-0.05, 0) is 51.0 Å². The summed E-state index contributed by atoms with van der Waals surface area (Å²) < 4.78 is 19.0. The molecule has 1 fully saturated rings. The minimum atomic E-state index is -0.441. The molecule has 38 heavy (non-hydrogen) atoms. The molecule has 0 aliphatic carbocycles. The van der Waals surface area contributed by atoms with Crippen LogP contribution in [0, 0.1) is 12.7 Å². The van der Waals surface area contributed by atoms with E-state index in [4.69, 9.17) is 9.84 Å². The number of carbonyl (C=O) groups excluding carboxylic acids is 2. The molecule has 2 aliphatic rings. The maximum atomic E-state index is 13.8. The monoisotopic (exact) mass is 523 g/mol. The Morgan fingerprint density at radius 3 is 2.37 bits per heavy atom. The van der Waals surface area contributed by atoms with Crippen molar-refractivity contribution in [2.45, 2.75) is 45.7 Å². The maximum Gasteiger partial charge on any atom is 0.318 e. The minimum absolute atomic E-state index is 0.102. The van der Waals surface area contributed by atoms with Gasteiger partial charge in [-0.1, -0.05) is 42.0 Å². The Balaban J connectivity index is 1.56. The fourth-order valence-corrected chi connectivity index (χ4v) is 4.58. The van der Waals surface area contributed by atoms with Crippen LogP contribution >= 0.6 is 0 Å². The molecule has 1 saturated heterocycles. The third-order valence-corrected chi connectivity index (χ3v) is 6.69. The highest BCUT2D eigenvalue weighted by atomic mass is 19.1. The number of urea groups is 1. The Hall–Kier alpha value is -3.30. The lowest BCUT2D eigenvalue weighted by atomic mass is 9.97. The van der Waals surface area contributed by atoms with Crippen molar-refractivity contribution >= 4 is 17.6 Å². The van der Waals surface area contributed by atoms with Gasteiger partial charge in [-0.15, -0.1) is 0 Å². The normalized spacial score (nSPS) is 18.3. The SMILES string of the molecule is Cc1ccc(C2CC(c3ccc(F)cc3)=NN2C(=O)CN(CCN2CCOCC2)C(=O)NC(C)(C)C)cc1. The van der Waals surface area contributed by atoms with E-state index in [1.54, 1.807) is 17.0 Å². The smallest absolute Gasteiger partial charge is 0.318 e. The summed E-state index contributed by atoms with van der Waals surface area (Å²) in [6, 6.07) is 13.6. The molecule has 1 atom stereocenters. The lowest BCUT2D eigenvalue weighted by Gasteiger charge is -2.32. The van der Waals surface area contributed by atoms with E-state index in [1.165, 1.54) is 17.1 Å². The van der Waals surface area contributed by atoms with Gasteiger partial charge in [-0.25, -0.2) is 14.2 Å². The number of benzene rings is 2. The number of nitrogens with one attached hydrogen (secondary N) is 1. The molecule has 0 spiro atoms. The van der Waals surface area contributed by atoms with E-state index in [9.17, 15) is 14.0 Å². The summed E-state index contributed by atoms with van der Waals surface area (Å²) in [4.78, 5) is 30.8. The molecule has 9 heteroatoms. The number of hydrogen-bond acceptors (Lipinski definition) is 5. The van der Waals surface area contributed by atoms with Crippen molar-refractivity contribution in [3.63, 3.8) is 0 Å². The Labute approximate surface area is 224 Å². The van der Waals surface area contributed by atoms with Gasteiger partial charge in [0.2, 0.25) is 0 Å². The first kappa shape index (κ1) is 27.7. The van der Waals surface area contributed by atoms with Crippen molar-refractivity contribution in [3.8, 4) is 0 Å². The van der Waals surface area contributed by atoms with Gasteiger partial charge in [0.25, 0.3) is 5.91 Å². The number of hydrazone groups is 1. The molecule has 2 aromatic rings. The molecular formula is C29H38FN5O3. The van der Waals surface area contributed by atoms with Crippen molar-refractivity contribution in [3.05, 3.63) is 71.0 Å². The Morgan fingerprint density at radius 1 is 1.08 bits per heavy atom. The molecule has 2 heterocycles. The highest BCUT2D eigenvalue weighted by Gasteiger charge is 2.35. The molecular weight excluding hydrogens is 485 g/mol. The van der Waals surface area contributed by atoms with Gasteiger partial charge in [0.05, 0.1) is 25.0 Å². The first-order valence-corrected chi connectivity index (χ1v) is 13.2. The number of aryl methyl sites for hydroxylation is 1. The van der Waals surface area contributed by atoms with Crippen molar-refractivity contribution in [1.29, 1.82) is 0 Å². The lowest BCUT2D eigenvalue weighted by molar-refractivity contribution is -0.133. The van der Waals surface area contributed by atoms with Gasteiger partial charge in [0.15, 0.2) is 0 Å². The highest BCUT2D eigenvalue weighted by Crippen LogP contribution is 2.33. The summed E-state index contributed by atoms with van der Waals surface area (Å²) in [5, 5.41) is 9.19. The summed E-state index contributed by atoms with van der Waals surface area (Å²) in [5.41, 5.74) is 3.13. The van der Waals surface area contributed by atoms with Gasteiger partial charge in [0.1, 0.15) is 12.4 Å². The molecule has 0 radical (unpaired) electrons. The third-order valence-electron chi connectivity index (χ3n) is 6.69. The number of halogens is 1. The first-order valence-electron chi connectivity index (χ1n) is 13.2. The largest absolute Gasteiger partial charge is 0.379 e. The van der Waals surface area contributed by atoms with Crippen LogP contribution in [0.15, 0.2) is 53.6 Å². The van der Waals surface area contributed by atoms with Crippen LogP contribution in [0.2, 0.25) is 0 Å². The van der Waals surface area contributed by atoms with E-state index >= 15 is 0 Å². The molecule has 0 bridgehead atoms. The first-order chi connectivity index (χ1) is 18.1. The van der Waals surface area contributed by atoms with Crippen LogP contribution in [0.3, 0.4) is 0 Å². The van der Waals surface area contributed by atoms with Gasteiger partial charge >= 0.3 is 6.03 Å². The molecule has 3 amide bonds. The van der Waals surface area contributed by atoms with E-state index in [-0.39, 0.29) is 30.3 Å². The minimum Gasteiger partial charge on any atom is -0.379 e. The Bertz CT molecular complexity index is 1140. The summed E-state index contributed by atoms with van der Waals surface area (Å²) in [7, 11) is 0. The quantitative estimate of drug-likeness (QED) is 0.596. The van der Waals surface area contributed by atoms with Gasteiger partial charge in [0, 0.05) is 38.1 Å². The lowest BCUT2D eigenvalue weighted by Crippen LogP contribution is -2.53. The second kappa shape index (κ2) is 12.0. The molecule has 0 aromatic heterocycles. The van der Waals surface area contributed by atoms with E-state index in [1.807, 2.05) is 52.0 Å². The number of hydrogen-bond donors (Lipinski definition) is 1. The zero-order valence-electron chi connectivity index (χ0n) is 22.7. The summed E-state index contributed by atoms with van der Waals surface area (Å²) in [6.07, 6.45) is 0.502. The van der Waals surface area contributed by atoms with Crippen LogP contribution in [0.25, 0.3) is 0 Å². The molecule has 0 saturated carbocycles. The van der Waals surface area contributed by atoms with Gasteiger partial charge < -0.3 is 15.0 Å². The molecule has 1 unspecified atom stereocenters. The van der Waals surface area contributed by atoms with Crippen molar-refractivity contribution in [2.75, 3.05) is 45.9 Å². The Kier molecular flexibility index (Phi) is 8.79. The molecule has 2 aromatic carbocycles. The maximum absolute atomic E-state index is 13.8. The van der Waals surface area contributed by atoms with Crippen LogP contribution in [0.4, 0.5) is 9.18 Å². The molecule has 204 valence electrons. The van der Waals surface area contributed by atoms with Crippen LogP contribution in [0.5, 0.6) is 0 Å². The van der Waals surface area contributed by atoms with Crippen LogP contribution < -0.4 is 5.32 Å². The fourth-order valence-electron chi connectivity index (χ4n) is 4.58. The summed E-state index contributed by atoms with van der Waals surface area (Å²) in [5.74, 6) is -0.588. The Morgan fingerprint density at radius 2 is 1.74 bits per heavy atom. The standard InChI is InChI=1S/C29H38FN5O3/c1-21-5-7-23(8-6-21)26-19-25(22-9-11-24(30)12-10-22)32-35(26)27(36)20-34(28(37)31-29(2,3)4)14-13-33-15-17-38-18-16-33/h5-12,26H,13-20H2,1-4H3,(H,31,37). The van der Waals surface area contributed by atoms with E-state index < -0.39 is 5.54 Å².